The number of benzene rings is 1. The molecule has 88 valence electrons. The standard InChI is InChI=1S/C11H14BrNO3/c1-6(13)4-7-5-8-11(9(12)10(7)14)16-3-2-15-8/h5-6,14H,2-4,13H2,1H3. The summed E-state index contributed by atoms with van der Waals surface area (Å²) < 4.78 is 11.4. The van der Waals surface area contributed by atoms with Crippen LogP contribution in [0.3, 0.4) is 0 Å². The molecule has 0 saturated carbocycles. The first-order valence-corrected chi connectivity index (χ1v) is 5.94. The van der Waals surface area contributed by atoms with E-state index in [4.69, 9.17) is 15.2 Å². The van der Waals surface area contributed by atoms with Crippen LogP contribution in [0, 0.1) is 0 Å². The van der Waals surface area contributed by atoms with Gasteiger partial charge in [-0.3, -0.25) is 0 Å². The van der Waals surface area contributed by atoms with E-state index in [-0.39, 0.29) is 11.8 Å². The molecule has 5 heteroatoms. The van der Waals surface area contributed by atoms with Gasteiger partial charge in [0.1, 0.15) is 23.4 Å². The molecule has 1 aliphatic heterocycles. The van der Waals surface area contributed by atoms with Gasteiger partial charge in [-0.25, -0.2) is 0 Å². The Hall–Kier alpha value is -0.940. The van der Waals surface area contributed by atoms with Gasteiger partial charge in [0.2, 0.25) is 0 Å². The van der Waals surface area contributed by atoms with E-state index in [1.807, 2.05) is 6.92 Å². The molecule has 1 aromatic rings. The smallest absolute Gasteiger partial charge is 0.179 e. The molecule has 0 fully saturated rings. The van der Waals surface area contributed by atoms with E-state index in [2.05, 4.69) is 15.9 Å². The van der Waals surface area contributed by atoms with E-state index in [1.54, 1.807) is 6.07 Å². The number of phenolic OH excluding ortho intramolecular Hbond substituents is 1. The highest BCUT2D eigenvalue weighted by Gasteiger charge is 2.21. The van der Waals surface area contributed by atoms with Crippen LogP contribution in [0.2, 0.25) is 0 Å². The molecule has 16 heavy (non-hydrogen) atoms. The van der Waals surface area contributed by atoms with Crippen molar-refractivity contribution in [2.45, 2.75) is 19.4 Å². The number of hydrogen-bond acceptors (Lipinski definition) is 4. The SMILES string of the molecule is CC(N)Cc1cc2c(c(Br)c1O)OCCO2. The van der Waals surface area contributed by atoms with E-state index >= 15 is 0 Å². The molecule has 0 saturated heterocycles. The lowest BCUT2D eigenvalue weighted by atomic mass is 10.1. The summed E-state index contributed by atoms with van der Waals surface area (Å²) in [4.78, 5) is 0. The maximum Gasteiger partial charge on any atom is 0.179 e. The van der Waals surface area contributed by atoms with Crippen LogP contribution < -0.4 is 15.2 Å². The maximum absolute atomic E-state index is 9.96. The van der Waals surface area contributed by atoms with Crippen LogP contribution in [0.5, 0.6) is 17.2 Å². The zero-order chi connectivity index (χ0) is 11.7. The first-order chi connectivity index (χ1) is 7.59. The van der Waals surface area contributed by atoms with Crippen LogP contribution in [0.25, 0.3) is 0 Å². The predicted octanol–water partition coefficient (Wildman–Crippen LogP) is 1.82. The van der Waals surface area contributed by atoms with Gasteiger partial charge < -0.3 is 20.3 Å². The van der Waals surface area contributed by atoms with Gasteiger partial charge in [0, 0.05) is 11.6 Å². The molecule has 3 N–H and O–H groups in total. The second kappa shape index (κ2) is 4.51. The van der Waals surface area contributed by atoms with E-state index in [1.165, 1.54) is 0 Å². The van der Waals surface area contributed by atoms with E-state index in [0.717, 1.165) is 5.56 Å². The van der Waals surface area contributed by atoms with Crippen molar-refractivity contribution < 1.29 is 14.6 Å². The summed E-state index contributed by atoms with van der Waals surface area (Å²) >= 11 is 3.31. The monoisotopic (exact) mass is 287 g/mol. The normalized spacial score (nSPS) is 15.9. The Bertz CT molecular complexity index is 407. The highest BCUT2D eigenvalue weighted by molar-refractivity contribution is 9.10. The highest BCUT2D eigenvalue weighted by atomic mass is 79.9. The Morgan fingerprint density at radius 1 is 1.50 bits per heavy atom. The summed E-state index contributed by atoms with van der Waals surface area (Å²) in [6.45, 7) is 2.92. The number of phenols is 1. The summed E-state index contributed by atoms with van der Waals surface area (Å²) in [5.74, 6) is 1.41. The molecule has 1 atom stereocenters. The fourth-order valence-corrected chi connectivity index (χ4v) is 2.25. The Morgan fingerprint density at radius 2 is 2.19 bits per heavy atom. The highest BCUT2D eigenvalue weighted by Crippen LogP contribution is 2.45. The number of ether oxygens (including phenoxy) is 2. The van der Waals surface area contributed by atoms with E-state index in [0.29, 0.717) is 35.6 Å². The third kappa shape index (κ3) is 2.10. The van der Waals surface area contributed by atoms with Gasteiger partial charge in [-0.15, -0.1) is 0 Å². The number of fused-ring (bicyclic) bond motifs is 1. The van der Waals surface area contributed by atoms with Crippen molar-refractivity contribution >= 4 is 15.9 Å². The number of aromatic hydroxyl groups is 1. The van der Waals surface area contributed by atoms with E-state index < -0.39 is 0 Å². The van der Waals surface area contributed by atoms with E-state index in [9.17, 15) is 5.11 Å². The van der Waals surface area contributed by atoms with Crippen molar-refractivity contribution in [3.05, 3.63) is 16.1 Å². The van der Waals surface area contributed by atoms with Crippen molar-refractivity contribution in [3.8, 4) is 17.2 Å². The lowest BCUT2D eigenvalue weighted by Crippen LogP contribution is -2.19. The fourth-order valence-electron chi connectivity index (χ4n) is 1.69. The molecule has 2 rings (SSSR count). The Morgan fingerprint density at radius 3 is 2.88 bits per heavy atom. The van der Waals surface area contributed by atoms with Crippen LogP contribution in [-0.2, 0) is 6.42 Å². The molecular weight excluding hydrogens is 274 g/mol. The number of nitrogens with two attached hydrogens (primary N) is 1. The quantitative estimate of drug-likeness (QED) is 0.871. The van der Waals surface area contributed by atoms with Crippen molar-refractivity contribution in [1.29, 1.82) is 0 Å². The predicted molar refractivity (Wildman–Crippen MR) is 64.2 cm³/mol. The molecule has 0 radical (unpaired) electrons. The first-order valence-electron chi connectivity index (χ1n) is 5.15. The summed E-state index contributed by atoms with van der Waals surface area (Å²) in [6.07, 6.45) is 0.598. The minimum absolute atomic E-state index is 0.0136. The lowest BCUT2D eigenvalue weighted by Gasteiger charge is -2.22. The summed E-state index contributed by atoms with van der Waals surface area (Å²) in [6, 6.07) is 1.78. The zero-order valence-electron chi connectivity index (χ0n) is 9.00. The van der Waals surface area contributed by atoms with Crippen molar-refractivity contribution in [3.63, 3.8) is 0 Å². The molecule has 0 aromatic heterocycles. The van der Waals surface area contributed by atoms with Gasteiger partial charge in [-0.05, 0) is 35.3 Å². The molecule has 0 amide bonds. The first kappa shape index (κ1) is 11.5. The Kier molecular flexibility index (Phi) is 3.25. The fraction of sp³-hybridized carbons (Fsp3) is 0.455. The van der Waals surface area contributed by atoms with Crippen LogP contribution in [0.15, 0.2) is 10.5 Å². The Labute approximate surface area is 102 Å². The van der Waals surface area contributed by atoms with Gasteiger partial charge in [0.25, 0.3) is 0 Å². The minimum atomic E-state index is -0.0136. The summed E-state index contributed by atoms with van der Waals surface area (Å²) in [5, 5.41) is 9.96. The molecule has 1 unspecified atom stereocenters. The molecule has 0 aliphatic carbocycles. The molecule has 1 heterocycles. The number of rotatable bonds is 2. The van der Waals surface area contributed by atoms with Crippen LogP contribution in [0.4, 0.5) is 0 Å². The summed E-state index contributed by atoms with van der Waals surface area (Å²) in [5.41, 5.74) is 6.49. The maximum atomic E-state index is 9.96. The van der Waals surface area contributed by atoms with Crippen LogP contribution in [-0.4, -0.2) is 24.4 Å². The molecule has 4 nitrogen and oxygen atoms in total. The van der Waals surface area contributed by atoms with Gasteiger partial charge in [-0.2, -0.15) is 0 Å². The minimum Gasteiger partial charge on any atom is -0.506 e. The molecule has 0 spiro atoms. The molecule has 0 bridgehead atoms. The average molecular weight is 288 g/mol. The van der Waals surface area contributed by atoms with Crippen LogP contribution in [0.1, 0.15) is 12.5 Å². The van der Waals surface area contributed by atoms with Gasteiger partial charge in [0.15, 0.2) is 11.5 Å². The lowest BCUT2D eigenvalue weighted by molar-refractivity contribution is 0.169. The van der Waals surface area contributed by atoms with Crippen molar-refractivity contribution in [1.82, 2.24) is 0 Å². The third-order valence-electron chi connectivity index (χ3n) is 2.37. The zero-order valence-corrected chi connectivity index (χ0v) is 10.6. The van der Waals surface area contributed by atoms with Gasteiger partial charge in [-0.1, -0.05) is 0 Å². The van der Waals surface area contributed by atoms with Gasteiger partial charge >= 0.3 is 0 Å². The second-order valence-electron chi connectivity index (χ2n) is 3.90. The van der Waals surface area contributed by atoms with Crippen molar-refractivity contribution in [2.24, 2.45) is 5.73 Å². The average Bonchev–Trinajstić information content (AvgIpc) is 2.25. The molecular formula is C11H14BrNO3. The largest absolute Gasteiger partial charge is 0.506 e. The van der Waals surface area contributed by atoms with Gasteiger partial charge in [0.05, 0.1) is 0 Å². The topological polar surface area (TPSA) is 64.7 Å². The second-order valence-corrected chi connectivity index (χ2v) is 4.70. The van der Waals surface area contributed by atoms with Crippen molar-refractivity contribution in [2.75, 3.05) is 13.2 Å². The summed E-state index contributed by atoms with van der Waals surface area (Å²) in [7, 11) is 0. The number of halogens is 1. The van der Waals surface area contributed by atoms with Crippen LogP contribution >= 0.6 is 15.9 Å². The third-order valence-corrected chi connectivity index (χ3v) is 3.11. The molecule has 1 aliphatic rings. The molecule has 1 aromatic carbocycles. The number of hydrogen-bond donors (Lipinski definition) is 2. The Balaban J connectivity index is 2.44.